The monoisotopic (exact) mass is 379 g/mol. The molecule has 0 aliphatic carbocycles. The first kappa shape index (κ1) is 17.1. The molecule has 0 radical (unpaired) electrons. The van der Waals surface area contributed by atoms with Gasteiger partial charge in [-0.15, -0.1) is 0 Å². The van der Waals surface area contributed by atoms with Crippen molar-refractivity contribution in [3.05, 3.63) is 45.9 Å². The third-order valence-corrected chi connectivity index (χ3v) is 4.23. The normalized spacial score (nSPS) is 10.1. The molecule has 0 aliphatic rings. The van der Waals surface area contributed by atoms with E-state index in [1.54, 1.807) is 12.1 Å². The van der Waals surface area contributed by atoms with Crippen LogP contribution in [0.4, 0.5) is 5.69 Å². The van der Waals surface area contributed by atoms with Crippen LogP contribution in [0, 0.1) is 6.92 Å². The Morgan fingerprint density at radius 3 is 2.13 bits per heavy atom. The molecule has 0 unspecified atom stereocenters. The number of anilines is 1. The van der Waals surface area contributed by atoms with E-state index in [2.05, 4.69) is 21.2 Å². The van der Waals surface area contributed by atoms with Crippen LogP contribution >= 0.6 is 15.9 Å². The zero-order chi connectivity index (χ0) is 17.0. The van der Waals surface area contributed by atoms with Crippen LogP contribution in [0.15, 0.2) is 34.8 Å². The Balaban J connectivity index is 2.35. The van der Waals surface area contributed by atoms with Crippen molar-refractivity contribution in [3.8, 4) is 17.2 Å². The smallest absolute Gasteiger partial charge is 0.259 e. The van der Waals surface area contributed by atoms with Crippen molar-refractivity contribution in [2.24, 2.45) is 0 Å². The lowest BCUT2D eigenvalue weighted by Gasteiger charge is -2.14. The maximum atomic E-state index is 12.6. The molecule has 0 aromatic heterocycles. The first-order valence-corrected chi connectivity index (χ1v) is 7.67. The molecule has 0 atom stereocenters. The molecular weight excluding hydrogens is 362 g/mol. The lowest BCUT2D eigenvalue weighted by Crippen LogP contribution is -2.13. The summed E-state index contributed by atoms with van der Waals surface area (Å²) in [4.78, 5) is 12.6. The molecular formula is C17H18BrNO4. The molecule has 2 rings (SSSR count). The number of carbonyl (C=O) groups excluding carboxylic acids is 1. The quantitative estimate of drug-likeness (QED) is 0.851. The second kappa shape index (κ2) is 7.37. The van der Waals surface area contributed by atoms with E-state index in [0.29, 0.717) is 28.5 Å². The fourth-order valence-corrected chi connectivity index (χ4v) is 2.45. The average Bonchev–Trinajstić information content (AvgIpc) is 2.56. The highest BCUT2D eigenvalue weighted by atomic mass is 79.9. The van der Waals surface area contributed by atoms with E-state index in [1.165, 1.54) is 21.3 Å². The molecule has 0 saturated heterocycles. The molecule has 2 aromatic carbocycles. The van der Waals surface area contributed by atoms with E-state index in [4.69, 9.17) is 14.2 Å². The summed E-state index contributed by atoms with van der Waals surface area (Å²) in [5.74, 6) is 1.08. The Hall–Kier alpha value is -2.21. The van der Waals surface area contributed by atoms with Crippen molar-refractivity contribution >= 4 is 27.5 Å². The number of benzene rings is 2. The molecule has 23 heavy (non-hydrogen) atoms. The van der Waals surface area contributed by atoms with Gasteiger partial charge >= 0.3 is 0 Å². The van der Waals surface area contributed by atoms with Crippen molar-refractivity contribution in [2.45, 2.75) is 6.92 Å². The van der Waals surface area contributed by atoms with Gasteiger partial charge in [-0.05, 0) is 24.6 Å². The van der Waals surface area contributed by atoms with Crippen molar-refractivity contribution < 1.29 is 19.0 Å². The summed E-state index contributed by atoms with van der Waals surface area (Å²) in [6.45, 7) is 1.98. The molecule has 0 spiro atoms. The molecule has 0 bridgehead atoms. The first-order valence-electron chi connectivity index (χ1n) is 6.87. The van der Waals surface area contributed by atoms with Gasteiger partial charge in [0.2, 0.25) is 0 Å². The lowest BCUT2D eigenvalue weighted by atomic mass is 10.1. The Morgan fingerprint density at radius 2 is 1.57 bits per heavy atom. The number of aryl methyl sites for hydroxylation is 1. The van der Waals surface area contributed by atoms with Gasteiger partial charge in [0, 0.05) is 22.3 Å². The maximum Gasteiger partial charge on any atom is 0.259 e. The van der Waals surface area contributed by atoms with Crippen LogP contribution in [-0.2, 0) is 0 Å². The minimum Gasteiger partial charge on any atom is -0.496 e. The van der Waals surface area contributed by atoms with Crippen LogP contribution in [-0.4, -0.2) is 27.2 Å². The molecule has 0 fully saturated rings. The van der Waals surface area contributed by atoms with Gasteiger partial charge in [-0.25, -0.2) is 0 Å². The molecule has 122 valence electrons. The number of rotatable bonds is 5. The van der Waals surface area contributed by atoms with Crippen LogP contribution in [0.1, 0.15) is 15.9 Å². The zero-order valence-electron chi connectivity index (χ0n) is 13.4. The van der Waals surface area contributed by atoms with E-state index in [1.807, 2.05) is 25.1 Å². The van der Waals surface area contributed by atoms with Crippen LogP contribution in [0.25, 0.3) is 0 Å². The second-order valence-corrected chi connectivity index (χ2v) is 5.68. The molecule has 2 aromatic rings. The highest BCUT2D eigenvalue weighted by Crippen LogP contribution is 2.35. The summed E-state index contributed by atoms with van der Waals surface area (Å²) in [6, 6.07) is 8.83. The van der Waals surface area contributed by atoms with Crippen molar-refractivity contribution in [1.82, 2.24) is 0 Å². The number of hydrogen-bond acceptors (Lipinski definition) is 4. The summed E-state index contributed by atoms with van der Waals surface area (Å²) in [5.41, 5.74) is 2.14. The third-order valence-electron chi connectivity index (χ3n) is 3.38. The lowest BCUT2D eigenvalue weighted by molar-refractivity contribution is 0.102. The first-order chi connectivity index (χ1) is 11.0. The fraction of sp³-hybridized carbons (Fsp3) is 0.235. The van der Waals surface area contributed by atoms with Crippen molar-refractivity contribution in [2.75, 3.05) is 26.6 Å². The van der Waals surface area contributed by atoms with Crippen LogP contribution < -0.4 is 19.5 Å². The Kier molecular flexibility index (Phi) is 5.50. The third kappa shape index (κ3) is 3.76. The van der Waals surface area contributed by atoms with Gasteiger partial charge in [0.05, 0.1) is 26.9 Å². The number of halogens is 1. The number of nitrogens with one attached hydrogen (secondary N) is 1. The molecule has 1 amide bonds. The molecule has 0 saturated carbocycles. The van der Waals surface area contributed by atoms with E-state index >= 15 is 0 Å². The van der Waals surface area contributed by atoms with E-state index < -0.39 is 0 Å². The Labute approximate surface area is 143 Å². The van der Waals surface area contributed by atoms with Gasteiger partial charge in [-0.2, -0.15) is 0 Å². The van der Waals surface area contributed by atoms with Crippen molar-refractivity contribution in [3.63, 3.8) is 0 Å². The SMILES string of the molecule is COc1cc(OC)c(C(=O)Nc2ccc(C)c(Br)c2)cc1OC. The topological polar surface area (TPSA) is 56.8 Å². The van der Waals surface area contributed by atoms with E-state index in [0.717, 1.165) is 10.0 Å². The summed E-state index contributed by atoms with van der Waals surface area (Å²) in [5, 5.41) is 2.84. The Bertz CT molecular complexity index is 731. The minimum atomic E-state index is -0.293. The fourth-order valence-electron chi connectivity index (χ4n) is 2.08. The number of carbonyl (C=O) groups is 1. The van der Waals surface area contributed by atoms with Crippen molar-refractivity contribution in [1.29, 1.82) is 0 Å². The van der Waals surface area contributed by atoms with Crippen LogP contribution in [0.5, 0.6) is 17.2 Å². The van der Waals surface area contributed by atoms with Gasteiger partial charge in [-0.1, -0.05) is 22.0 Å². The highest BCUT2D eigenvalue weighted by Gasteiger charge is 2.18. The van der Waals surface area contributed by atoms with Crippen LogP contribution in [0.2, 0.25) is 0 Å². The van der Waals surface area contributed by atoms with Gasteiger partial charge in [0.1, 0.15) is 5.75 Å². The molecule has 6 heteroatoms. The summed E-state index contributed by atoms with van der Waals surface area (Å²) < 4.78 is 16.7. The number of ether oxygens (including phenoxy) is 3. The van der Waals surface area contributed by atoms with Gasteiger partial charge in [-0.3, -0.25) is 4.79 Å². The predicted octanol–water partition coefficient (Wildman–Crippen LogP) is 4.04. The summed E-state index contributed by atoms with van der Waals surface area (Å²) >= 11 is 3.45. The Morgan fingerprint density at radius 1 is 0.957 bits per heavy atom. The molecule has 1 N–H and O–H groups in total. The van der Waals surface area contributed by atoms with Crippen LogP contribution in [0.3, 0.4) is 0 Å². The second-order valence-electron chi connectivity index (χ2n) is 4.83. The standard InChI is InChI=1S/C17H18BrNO4/c1-10-5-6-11(7-13(10)18)19-17(20)12-8-15(22-3)16(23-4)9-14(12)21-2/h5-9H,1-4H3,(H,19,20). The average molecular weight is 380 g/mol. The number of hydrogen-bond donors (Lipinski definition) is 1. The van der Waals surface area contributed by atoms with E-state index in [-0.39, 0.29) is 5.91 Å². The summed E-state index contributed by atoms with van der Waals surface area (Å²) in [7, 11) is 4.55. The zero-order valence-corrected chi connectivity index (χ0v) is 15.0. The highest BCUT2D eigenvalue weighted by molar-refractivity contribution is 9.10. The molecule has 0 heterocycles. The number of methoxy groups -OCH3 is 3. The van der Waals surface area contributed by atoms with Gasteiger partial charge < -0.3 is 19.5 Å². The summed E-state index contributed by atoms with van der Waals surface area (Å²) in [6.07, 6.45) is 0. The molecule has 0 aliphatic heterocycles. The van der Waals surface area contributed by atoms with E-state index in [9.17, 15) is 4.79 Å². The van der Waals surface area contributed by atoms with Gasteiger partial charge in [0.25, 0.3) is 5.91 Å². The molecule has 5 nitrogen and oxygen atoms in total. The minimum absolute atomic E-state index is 0.293. The predicted molar refractivity (Wildman–Crippen MR) is 92.9 cm³/mol. The number of amides is 1. The maximum absolute atomic E-state index is 12.6. The largest absolute Gasteiger partial charge is 0.496 e. The van der Waals surface area contributed by atoms with Gasteiger partial charge in [0.15, 0.2) is 11.5 Å².